The van der Waals surface area contributed by atoms with Gasteiger partial charge in [-0.15, -0.1) is 0 Å². The molecule has 0 aliphatic heterocycles. The van der Waals surface area contributed by atoms with Crippen LogP contribution in [-0.4, -0.2) is 11.2 Å². The Bertz CT molecular complexity index is 451. The van der Waals surface area contributed by atoms with E-state index in [0.717, 1.165) is 6.42 Å². The Morgan fingerprint density at radius 1 is 0.913 bits per heavy atom. The Kier molecular flexibility index (Phi) is 7.80. The minimum absolute atomic E-state index is 0.0101. The molecule has 0 N–H and O–H groups in total. The molecule has 1 aromatic rings. The van der Waals surface area contributed by atoms with Crippen molar-refractivity contribution in [3.05, 3.63) is 35.4 Å². The fraction of sp³-hybridized carbons (Fsp3) is 0.727. The monoisotopic (exact) mass is 318 g/mol. The van der Waals surface area contributed by atoms with E-state index < -0.39 is 0 Å². The standard InChI is InChI=1S/C22H38O/c1-18(2)20-15-12-14-19(17-20)13-10-8-9-11-16-22(6,7)23-21(3,4)5/h12,14-15,17-18H,8-11,13,16H2,1-7H3. The Morgan fingerprint density at radius 3 is 2.17 bits per heavy atom. The van der Waals surface area contributed by atoms with Gasteiger partial charge < -0.3 is 4.74 Å². The molecule has 0 fully saturated rings. The van der Waals surface area contributed by atoms with E-state index in [0.29, 0.717) is 5.92 Å². The van der Waals surface area contributed by atoms with Crippen molar-refractivity contribution in [3.63, 3.8) is 0 Å². The molecule has 1 rings (SSSR count). The predicted octanol–water partition coefficient (Wildman–Crippen LogP) is 6.90. The van der Waals surface area contributed by atoms with Crippen molar-refractivity contribution in [1.82, 2.24) is 0 Å². The smallest absolute Gasteiger partial charge is 0.0633 e. The fourth-order valence-corrected chi connectivity index (χ4v) is 3.22. The summed E-state index contributed by atoms with van der Waals surface area (Å²) in [7, 11) is 0. The highest BCUT2D eigenvalue weighted by Crippen LogP contribution is 2.25. The fourth-order valence-electron chi connectivity index (χ4n) is 3.22. The average Bonchev–Trinajstić information content (AvgIpc) is 2.40. The molecule has 0 atom stereocenters. The van der Waals surface area contributed by atoms with Crippen molar-refractivity contribution in [3.8, 4) is 0 Å². The Balaban J connectivity index is 2.22. The third kappa shape index (κ3) is 9.15. The molecule has 1 aromatic carbocycles. The first kappa shape index (κ1) is 20.2. The summed E-state index contributed by atoms with van der Waals surface area (Å²) in [6.07, 6.45) is 7.53. The van der Waals surface area contributed by atoms with Gasteiger partial charge in [-0.25, -0.2) is 0 Å². The minimum atomic E-state index is -0.0507. The molecule has 0 amide bonds. The lowest BCUT2D eigenvalue weighted by Crippen LogP contribution is -2.34. The first-order valence-electron chi connectivity index (χ1n) is 9.38. The van der Waals surface area contributed by atoms with E-state index in [9.17, 15) is 0 Å². The van der Waals surface area contributed by atoms with Crippen LogP contribution in [0.4, 0.5) is 0 Å². The highest BCUT2D eigenvalue weighted by atomic mass is 16.5. The van der Waals surface area contributed by atoms with Gasteiger partial charge in [-0.1, -0.05) is 57.4 Å². The molecule has 0 unspecified atom stereocenters. The molecule has 0 spiro atoms. The maximum absolute atomic E-state index is 6.14. The van der Waals surface area contributed by atoms with Crippen LogP contribution in [0.1, 0.15) is 97.6 Å². The molecule has 0 radical (unpaired) electrons. The van der Waals surface area contributed by atoms with Crippen molar-refractivity contribution >= 4 is 0 Å². The van der Waals surface area contributed by atoms with Crippen LogP contribution < -0.4 is 0 Å². The van der Waals surface area contributed by atoms with Crippen LogP contribution in [0.2, 0.25) is 0 Å². The maximum atomic E-state index is 6.14. The van der Waals surface area contributed by atoms with E-state index in [2.05, 4.69) is 72.7 Å². The van der Waals surface area contributed by atoms with Gasteiger partial charge in [0.05, 0.1) is 11.2 Å². The molecule has 0 bridgehead atoms. The summed E-state index contributed by atoms with van der Waals surface area (Å²) in [5, 5.41) is 0. The molecule has 23 heavy (non-hydrogen) atoms. The third-order valence-electron chi connectivity index (χ3n) is 4.19. The number of rotatable bonds is 9. The second-order valence-electron chi connectivity index (χ2n) is 8.79. The summed E-state index contributed by atoms with van der Waals surface area (Å²) in [6.45, 7) is 15.4. The van der Waals surface area contributed by atoms with Crippen LogP contribution in [0.25, 0.3) is 0 Å². The predicted molar refractivity (Wildman–Crippen MR) is 102 cm³/mol. The van der Waals surface area contributed by atoms with Crippen LogP contribution in [0.5, 0.6) is 0 Å². The van der Waals surface area contributed by atoms with E-state index in [1.807, 2.05) is 0 Å². The van der Waals surface area contributed by atoms with Gasteiger partial charge in [-0.2, -0.15) is 0 Å². The van der Waals surface area contributed by atoms with Crippen LogP contribution in [0.3, 0.4) is 0 Å². The lowest BCUT2D eigenvalue weighted by molar-refractivity contribution is -0.116. The number of aryl methyl sites for hydroxylation is 1. The number of unbranched alkanes of at least 4 members (excludes halogenated alkanes) is 3. The lowest BCUT2D eigenvalue weighted by atomic mass is 9.96. The molecule has 132 valence electrons. The molecule has 0 aliphatic rings. The summed E-state index contributed by atoms with van der Waals surface area (Å²) in [4.78, 5) is 0. The third-order valence-corrected chi connectivity index (χ3v) is 4.19. The average molecular weight is 319 g/mol. The summed E-state index contributed by atoms with van der Waals surface area (Å²) >= 11 is 0. The Hall–Kier alpha value is -0.820. The molecule has 0 aromatic heterocycles. The van der Waals surface area contributed by atoms with Gasteiger partial charge >= 0.3 is 0 Å². The van der Waals surface area contributed by atoms with Crippen molar-refractivity contribution in [2.75, 3.05) is 0 Å². The lowest BCUT2D eigenvalue weighted by Gasteiger charge is -2.34. The first-order valence-corrected chi connectivity index (χ1v) is 9.38. The van der Waals surface area contributed by atoms with Gasteiger partial charge in [0.1, 0.15) is 0 Å². The first-order chi connectivity index (χ1) is 10.6. The zero-order valence-electron chi connectivity index (χ0n) is 16.5. The molecule has 0 saturated heterocycles. The van der Waals surface area contributed by atoms with Gasteiger partial charge in [0.25, 0.3) is 0 Å². The summed E-state index contributed by atoms with van der Waals surface area (Å²) in [5.41, 5.74) is 2.89. The van der Waals surface area contributed by atoms with Gasteiger partial charge in [-0.3, -0.25) is 0 Å². The van der Waals surface area contributed by atoms with Gasteiger partial charge in [0.2, 0.25) is 0 Å². The quantitative estimate of drug-likeness (QED) is 0.450. The molecule has 0 aliphatic carbocycles. The van der Waals surface area contributed by atoms with Crippen LogP contribution in [-0.2, 0) is 11.2 Å². The summed E-state index contributed by atoms with van der Waals surface area (Å²) < 4.78 is 6.14. The zero-order chi connectivity index (χ0) is 17.5. The van der Waals surface area contributed by atoms with Crippen molar-refractivity contribution in [1.29, 1.82) is 0 Å². The van der Waals surface area contributed by atoms with Crippen molar-refractivity contribution < 1.29 is 4.74 Å². The number of benzene rings is 1. The molecular weight excluding hydrogens is 280 g/mol. The summed E-state index contributed by atoms with van der Waals surface area (Å²) in [6, 6.07) is 9.10. The molecule has 1 heteroatoms. The topological polar surface area (TPSA) is 9.23 Å². The molecular formula is C22H38O. The second kappa shape index (κ2) is 8.87. The largest absolute Gasteiger partial charge is 0.370 e. The van der Waals surface area contributed by atoms with Crippen LogP contribution >= 0.6 is 0 Å². The number of hydrogen-bond acceptors (Lipinski definition) is 1. The van der Waals surface area contributed by atoms with Gasteiger partial charge in [0.15, 0.2) is 0 Å². The van der Waals surface area contributed by atoms with Crippen molar-refractivity contribution in [2.45, 2.75) is 104 Å². The normalized spacial score (nSPS) is 12.9. The Morgan fingerprint density at radius 2 is 1.57 bits per heavy atom. The van der Waals surface area contributed by atoms with E-state index in [-0.39, 0.29) is 11.2 Å². The van der Waals surface area contributed by atoms with Gasteiger partial charge in [0, 0.05) is 0 Å². The van der Waals surface area contributed by atoms with Crippen LogP contribution in [0, 0.1) is 0 Å². The number of ether oxygens (including phenoxy) is 1. The van der Waals surface area contributed by atoms with E-state index >= 15 is 0 Å². The highest BCUT2D eigenvalue weighted by molar-refractivity contribution is 5.25. The SMILES string of the molecule is CC(C)c1cccc(CCCCCCC(C)(C)OC(C)(C)C)c1. The molecule has 0 heterocycles. The van der Waals surface area contributed by atoms with Crippen molar-refractivity contribution in [2.24, 2.45) is 0 Å². The Labute approximate surface area is 144 Å². The van der Waals surface area contributed by atoms with Crippen LogP contribution in [0.15, 0.2) is 24.3 Å². The highest BCUT2D eigenvalue weighted by Gasteiger charge is 2.24. The van der Waals surface area contributed by atoms with E-state index in [4.69, 9.17) is 4.74 Å². The molecule has 1 nitrogen and oxygen atoms in total. The molecule has 0 saturated carbocycles. The zero-order valence-corrected chi connectivity index (χ0v) is 16.5. The second-order valence-corrected chi connectivity index (χ2v) is 8.79. The minimum Gasteiger partial charge on any atom is -0.370 e. The van der Waals surface area contributed by atoms with Gasteiger partial charge in [-0.05, 0) is 70.9 Å². The van der Waals surface area contributed by atoms with E-state index in [1.54, 1.807) is 0 Å². The summed E-state index contributed by atoms with van der Waals surface area (Å²) in [5.74, 6) is 0.625. The number of hydrogen-bond donors (Lipinski definition) is 0. The van der Waals surface area contributed by atoms with E-state index in [1.165, 1.54) is 43.2 Å². The maximum Gasteiger partial charge on any atom is 0.0633 e.